The average Bonchev–Trinajstić information content (AvgIpc) is 3.17. The fourth-order valence-corrected chi connectivity index (χ4v) is 3.81. The predicted molar refractivity (Wildman–Crippen MR) is 121 cm³/mol. The van der Waals surface area contributed by atoms with Gasteiger partial charge in [0.2, 0.25) is 0 Å². The van der Waals surface area contributed by atoms with Crippen molar-refractivity contribution < 1.29 is 4.74 Å². The lowest BCUT2D eigenvalue weighted by molar-refractivity contribution is 0.302. The Morgan fingerprint density at radius 1 is 1.27 bits per heavy atom. The van der Waals surface area contributed by atoms with Crippen molar-refractivity contribution in [3.05, 3.63) is 84.8 Å². The molecule has 0 aliphatic heterocycles. The first-order chi connectivity index (χ1) is 14.5. The van der Waals surface area contributed by atoms with Gasteiger partial charge >= 0.3 is 0 Å². The molecule has 0 saturated heterocycles. The van der Waals surface area contributed by atoms with Crippen molar-refractivity contribution >= 4 is 49.8 Å². The molecule has 0 aliphatic carbocycles. The molecule has 0 atom stereocenters. The molecule has 2 aromatic heterocycles. The van der Waals surface area contributed by atoms with Gasteiger partial charge in [-0.1, -0.05) is 28.1 Å². The highest BCUT2D eigenvalue weighted by atomic mass is 79.9. The van der Waals surface area contributed by atoms with E-state index in [4.69, 9.17) is 4.74 Å². The molecule has 0 unspecified atom stereocenters. The van der Waals surface area contributed by atoms with Crippen LogP contribution < -0.4 is 10.3 Å². The van der Waals surface area contributed by atoms with Crippen LogP contribution in [0.5, 0.6) is 5.75 Å². The zero-order valence-corrected chi connectivity index (χ0v) is 18.3. The van der Waals surface area contributed by atoms with Crippen LogP contribution in [0, 0.1) is 18.3 Å². The van der Waals surface area contributed by atoms with Crippen LogP contribution in [0.1, 0.15) is 22.1 Å². The molecule has 4 rings (SSSR count). The Kier molecular flexibility index (Phi) is 5.74. The van der Waals surface area contributed by atoms with Crippen LogP contribution in [-0.2, 0) is 6.61 Å². The highest BCUT2D eigenvalue weighted by Crippen LogP contribution is 2.21. The van der Waals surface area contributed by atoms with E-state index in [1.165, 1.54) is 0 Å². The van der Waals surface area contributed by atoms with Gasteiger partial charge in [-0.2, -0.15) is 5.26 Å². The van der Waals surface area contributed by atoms with E-state index in [0.29, 0.717) is 23.3 Å². The molecule has 6 nitrogen and oxygen atoms in total. The number of hydrogen-bond donors (Lipinski definition) is 1. The molecule has 8 heteroatoms. The van der Waals surface area contributed by atoms with Gasteiger partial charge in [0.25, 0.3) is 5.56 Å². The molecule has 0 radical (unpaired) electrons. The maximum atomic E-state index is 12.4. The molecular weight excluding hydrogens is 464 g/mol. The summed E-state index contributed by atoms with van der Waals surface area (Å²) in [6.07, 6.45) is 1.68. The van der Waals surface area contributed by atoms with Gasteiger partial charge in [0.05, 0.1) is 27.2 Å². The van der Waals surface area contributed by atoms with E-state index in [9.17, 15) is 10.1 Å². The van der Waals surface area contributed by atoms with E-state index in [2.05, 4.69) is 37.0 Å². The third kappa shape index (κ3) is 4.48. The number of thiazole rings is 1. The van der Waals surface area contributed by atoms with E-state index in [1.807, 2.05) is 36.6 Å². The lowest BCUT2D eigenvalue weighted by atomic mass is 10.1. The standard InChI is InChI=1S/C22H15BrN4O2S/c1-13-25-17(12-30-13)11-29-18-5-2-14(3-6-18)8-15(10-24)21-26-20-7-4-16(23)9-19(20)22(28)27-21/h2-9,12H,11H2,1H3,(H,26,27,28)/b15-8+. The molecule has 4 aromatic rings. The van der Waals surface area contributed by atoms with Crippen LogP contribution in [-0.4, -0.2) is 15.0 Å². The lowest BCUT2D eigenvalue weighted by Gasteiger charge is -2.05. The van der Waals surface area contributed by atoms with Crippen molar-refractivity contribution in [1.29, 1.82) is 5.26 Å². The number of H-pyrrole nitrogens is 1. The Balaban J connectivity index is 1.56. The summed E-state index contributed by atoms with van der Waals surface area (Å²) in [5.74, 6) is 0.940. The van der Waals surface area contributed by atoms with Gasteiger partial charge in [-0.15, -0.1) is 11.3 Å². The molecular formula is C22H15BrN4O2S. The van der Waals surface area contributed by atoms with Crippen molar-refractivity contribution in [3.63, 3.8) is 0 Å². The zero-order chi connectivity index (χ0) is 21.1. The molecule has 0 saturated carbocycles. The number of ether oxygens (including phenoxy) is 1. The van der Waals surface area contributed by atoms with E-state index in [-0.39, 0.29) is 17.0 Å². The second kappa shape index (κ2) is 8.61. The normalized spacial score (nSPS) is 11.4. The van der Waals surface area contributed by atoms with Crippen LogP contribution in [0.25, 0.3) is 22.6 Å². The summed E-state index contributed by atoms with van der Waals surface area (Å²) in [6, 6.07) is 14.7. The summed E-state index contributed by atoms with van der Waals surface area (Å²) >= 11 is 4.93. The van der Waals surface area contributed by atoms with Crippen molar-refractivity contribution in [2.24, 2.45) is 0 Å². The number of nitrogens with one attached hydrogen (secondary N) is 1. The number of halogens is 1. The summed E-state index contributed by atoms with van der Waals surface area (Å²) in [5, 5.41) is 13.0. The average molecular weight is 479 g/mol. The minimum atomic E-state index is -0.293. The number of nitriles is 1. The number of aromatic nitrogens is 3. The van der Waals surface area contributed by atoms with Gasteiger partial charge < -0.3 is 9.72 Å². The van der Waals surface area contributed by atoms with Gasteiger partial charge in [-0.05, 0) is 48.9 Å². The van der Waals surface area contributed by atoms with Crippen molar-refractivity contribution in [3.8, 4) is 11.8 Å². The second-order valence-corrected chi connectivity index (χ2v) is 8.44. The number of rotatable bonds is 5. The van der Waals surface area contributed by atoms with E-state index >= 15 is 0 Å². The largest absolute Gasteiger partial charge is 0.487 e. The van der Waals surface area contributed by atoms with Crippen molar-refractivity contribution in [1.82, 2.24) is 15.0 Å². The van der Waals surface area contributed by atoms with Gasteiger partial charge in [-0.3, -0.25) is 4.79 Å². The molecule has 1 N–H and O–H groups in total. The topological polar surface area (TPSA) is 91.7 Å². The Labute approximate surface area is 184 Å². The number of hydrogen-bond acceptors (Lipinski definition) is 6. The first-order valence-electron chi connectivity index (χ1n) is 8.97. The van der Waals surface area contributed by atoms with Gasteiger partial charge in [-0.25, -0.2) is 9.97 Å². The summed E-state index contributed by atoms with van der Waals surface area (Å²) < 4.78 is 6.53. The molecule has 148 valence electrons. The van der Waals surface area contributed by atoms with Crippen molar-refractivity contribution in [2.75, 3.05) is 0 Å². The lowest BCUT2D eigenvalue weighted by Crippen LogP contribution is -2.11. The minimum absolute atomic E-state index is 0.233. The Hall–Kier alpha value is -3.28. The van der Waals surface area contributed by atoms with Crippen molar-refractivity contribution in [2.45, 2.75) is 13.5 Å². The zero-order valence-electron chi connectivity index (χ0n) is 15.8. The number of aromatic amines is 1. The van der Waals surface area contributed by atoms with Crippen LogP contribution in [0.4, 0.5) is 0 Å². The molecule has 30 heavy (non-hydrogen) atoms. The SMILES string of the molecule is Cc1nc(COc2ccc(/C=C(\C#N)c3nc4ccc(Br)cc4c(=O)[nH]3)cc2)cs1. The van der Waals surface area contributed by atoms with Gasteiger partial charge in [0, 0.05) is 9.85 Å². The fraction of sp³-hybridized carbons (Fsp3) is 0.0909. The van der Waals surface area contributed by atoms with Gasteiger partial charge in [0.1, 0.15) is 18.4 Å². The quantitative estimate of drug-likeness (QED) is 0.403. The molecule has 2 heterocycles. The molecule has 0 aliphatic rings. The molecule has 0 bridgehead atoms. The van der Waals surface area contributed by atoms with E-state index in [0.717, 1.165) is 20.7 Å². The Bertz CT molecular complexity index is 1350. The summed E-state index contributed by atoms with van der Waals surface area (Å²) in [5.41, 5.74) is 2.19. The number of aryl methyl sites for hydroxylation is 1. The summed E-state index contributed by atoms with van der Waals surface area (Å²) in [7, 11) is 0. The molecule has 0 spiro atoms. The van der Waals surface area contributed by atoms with Crippen LogP contribution in [0.2, 0.25) is 0 Å². The van der Waals surface area contributed by atoms with Crippen LogP contribution in [0.15, 0.2) is 57.1 Å². The number of fused-ring (bicyclic) bond motifs is 1. The van der Waals surface area contributed by atoms with Gasteiger partial charge in [0.15, 0.2) is 5.82 Å². The minimum Gasteiger partial charge on any atom is -0.487 e. The smallest absolute Gasteiger partial charge is 0.259 e. The van der Waals surface area contributed by atoms with E-state index in [1.54, 1.807) is 35.6 Å². The molecule has 0 amide bonds. The van der Waals surface area contributed by atoms with Crippen LogP contribution in [0.3, 0.4) is 0 Å². The molecule has 2 aromatic carbocycles. The number of benzene rings is 2. The second-order valence-electron chi connectivity index (χ2n) is 6.46. The molecule has 0 fully saturated rings. The third-order valence-electron chi connectivity index (χ3n) is 4.29. The monoisotopic (exact) mass is 478 g/mol. The Morgan fingerprint density at radius 3 is 2.77 bits per heavy atom. The van der Waals surface area contributed by atoms with Crippen LogP contribution >= 0.6 is 27.3 Å². The summed E-state index contributed by atoms with van der Waals surface area (Å²) in [4.78, 5) is 23.9. The highest BCUT2D eigenvalue weighted by Gasteiger charge is 2.09. The third-order valence-corrected chi connectivity index (χ3v) is 5.60. The fourth-order valence-electron chi connectivity index (χ4n) is 2.85. The summed E-state index contributed by atoms with van der Waals surface area (Å²) in [6.45, 7) is 2.36. The predicted octanol–water partition coefficient (Wildman–Crippen LogP) is 5.09. The number of allylic oxidation sites excluding steroid dienone is 1. The first-order valence-corrected chi connectivity index (χ1v) is 10.6. The number of nitrogens with zero attached hydrogens (tertiary/aromatic N) is 3. The Morgan fingerprint density at radius 2 is 2.07 bits per heavy atom. The maximum Gasteiger partial charge on any atom is 0.259 e. The first kappa shape index (κ1) is 20.0. The highest BCUT2D eigenvalue weighted by molar-refractivity contribution is 9.10. The van der Waals surface area contributed by atoms with E-state index < -0.39 is 0 Å². The maximum absolute atomic E-state index is 12.4.